The maximum absolute atomic E-state index is 14.1. The lowest BCUT2D eigenvalue weighted by molar-refractivity contribution is -0.116. The first-order chi connectivity index (χ1) is 13.4. The highest BCUT2D eigenvalue weighted by molar-refractivity contribution is 6.30. The number of aryl methyl sites for hydroxylation is 1. The molecule has 2 aromatic rings. The van der Waals surface area contributed by atoms with Gasteiger partial charge in [-0.3, -0.25) is 4.79 Å². The van der Waals surface area contributed by atoms with E-state index < -0.39 is 5.60 Å². The van der Waals surface area contributed by atoms with Crippen LogP contribution >= 0.6 is 11.6 Å². The molecule has 2 aromatic carbocycles. The zero-order chi connectivity index (χ0) is 19.7. The normalized spacial score (nSPS) is 18.4. The molecule has 2 N–H and O–H groups in total. The molecular formula is C21H22ClFN2O3. The molecule has 4 rings (SSSR count). The molecule has 5 nitrogen and oxygen atoms in total. The number of hydrogen-bond acceptors (Lipinski definition) is 4. The van der Waals surface area contributed by atoms with Crippen LogP contribution in [0.1, 0.15) is 24.8 Å². The first-order valence-corrected chi connectivity index (χ1v) is 9.78. The molecule has 7 heteroatoms. The number of fused-ring (bicyclic) bond motifs is 1. The first kappa shape index (κ1) is 19.0. The molecule has 2 heterocycles. The highest BCUT2D eigenvalue weighted by Crippen LogP contribution is 2.31. The number of nitrogens with zero attached hydrogens (tertiary/aromatic N) is 1. The van der Waals surface area contributed by atoms with Crippen molar-refractivity contribution in [3.63, 3.8) is 0 Å². The largest absolute Gasteiger partial charge is 0.491 e. The Kier molecular flexibility index (Phi) is 5.17. The molecule has 1 saturated heterocycles. The van der Waals surface area contributed by atoms with E-state index in [2.05, 4.69) is 5.32 Å². The molecule has 0 saturated carbocycles. The third kappa shape index (κ3) is 4.08. The van der Waals surface area contributed by atoms with Gasteiger partial charge in [0, 0.05) is 36.3 Å². The van der Waals surface area contributed by atoms with Crippen molar-refractivity contribution in [3.8, 4) is 5.75 Å². The molecule has 0 unspecified atom stereocenters. The number of ether oxygens (including phenoxy) is 1. The third-order valence-electron chi connectivity index (χ3n) is 5.43. The SMILES string of the molecule is O=C1CCc2ccc(OCC3(O)CCN(c4ccc(Cl)cc4F)CC3)cc2N1. The topological polar surface area (TPSA) is 61.8 Å². The highest BCUT2D eigenvalue weighted by atomic mass is 35.5. The fraction of sp³-hybridized carbons (Fsp3) is 0.381. The fourth-order valence-electron chi connectivity index (χ4n) is 3.70. The van der Waals surface area contributed by atoms with Crippen LogP contribution < -0.4 is 15.0 Å². The number of halogens is 2. The predicted octanol–water partition coefficient (Wildman–Crippen LogP) is 3.77. The Bertz CT molecular complexity index is 897. The van der Waals surface area contributed by atoms with Gasteiger partial charge in [0.1, 0.15) is 23.8 Å². The summed E-state index contributed by atoms with van der Waals surface area (Å²) in [4.78, 5) is 13.5. The molecule has 0 radical (unpaired) electrons. The summed E-state index contributed by atoms with van der Waals surface area (Å²) in [5.41, 5.74) is 1.38. The first-order valence-electron chi connectivity index (χ1n) is 9.40. The Labute approximate surface area is 168 Å². The second kappa shape index (κ2) is 7.60. The van der Waals surface area contributed by atoms with Crippen LogP contribution in [0.15, 0.2) is 36.4 Å². The summed E-state index contributed by atoms with van der Waals surface area (Å²) in [6.07, 6.45) is 2.16. The zero-order valence-electron chi connectivity index (χ0n) is 15.4. The van der Waals surface area contributed by atoms with E-state index in [1.165, 1.54) is 6.07 Å². The second-order valence-electron chi connectivity index (χ2n) is 7.46. The number of anilines is 2. The molecule has 0 aliphatic carbocycles. The van der Waals surface area contributed by atoms with E-state index in [1.807, 2.05) is 17.0 Å². The second-order valence-corrected chi connectivity index (χ2v) is 7.90. The van der Waals surface area contributed by atoms with Gasteiger partial charge in [-0.15, -0.1) is 0 Å². The Hall–Kier alpha value is -2.31. The van der Waals surface area contributed by atoms with E-state index in [0.717, 1.165) is 17.7 Å². The van der Waals surface area contributed by atoms with E-state index in [1.54, 1.807) is 18.2 Å². The van der Waals surface area contributed by atoms with Crippen LogP contribution in [-0.2, 0) is 11.2 Å². The van der Waals surface area contributed by atoms with E-state index in [-0.39, 0.29) is 18.3 Å². The van der Waals surface area contributed by atoms with Gasteiger partial charge in [-0.2, -0.15) is 0 Å². The minimum absolute atomic E-state index is 0.00471. The summed E-state index contributed by atoms with van der Waals surface area (Å²) in [7, 11) is 0. The number of piperidine rings is 1. The molecule has 1 amide bonds. The minimum atomic E-state index is -0.974. The molecule has 0 atom stereocenters. The van der Waals surface area contributed by atoms with Crippen molar-refractivity contribution < 1.29 is 19.0 Å². The van der Waals surface area contributed by atoms with Crippen molar-refractivity contribution in [2.24, 2.45) is 0 Å². The van der Waals surface area contributed by atoms with E-state index >= 15 is 0 Å². The summed E-state index contributed by atoms with van der Waals surface area (Å²) in [5, 5.41) is 14.1. The number of benzene rings is 2. The molecule has 1 fully saturated rings. The van der Waals surface area contributed by atoms with Gasteiger partial charge in [0.2, 0.25) is 5.91 Å². The van der Waals surface area contributed by atoms with E-state index in [0.29, 0.717) is 48.8 Å². The van der Waals surface area contributed by atoms with Crippen molar-refractivity contribution in [1.29, 1.82) is 0 Å². The van der Waals surface area contributed by atoms with Crippen molar-refractivity contribution in [2.45, 2.75) is 31.3 Å². The third-order valence-corrected chi connectivity index (χ3v) is 5.66. The van der Waals surface area contributed by atoms with Gasteiger partial charge in [0.05, 0.1) is 5.69 Å². The van der Waals surface area contributed by atoms with Crippen LogP contribution in [0.25, 0.3) is 0 Å². The van der Waals surface area contributed by atoms with Crippen molar-refractivity contribution in [3.05, 3.63) is 52.8 Å². The highest BCUT2D eigenvalue weighted by Gasteiger charge is 2.34. The number of hydrogen-bond donors (Lipinski definition) is 2. The lowest BCUT2D eigenvalue weighted by atomic mass is 9.92. The maximum Gasteiger partial charge on any atom is 0.224 e. The van der Waals surface area contributed by atoms with Gasteiger partial charge in [-0.05, 0) is 49.1 Å². The average Bonchev–Trinajstić information content (AvgIpc) is 2.67. The lowest BCUT2D eigenvalue weighted by Crippen LogP contribution is -2.48. The molecule has 0 aromatic heterocycles. The van der Waals surface area contributed by atoms with Gasteiger partial charge < -0.3 is 20.1 Å². The summed E-state index contributed by atoms with van der Waals surface area (Å²) in [5.74, 6) is 0.260. The van der Waals surface area contributed by atoms with Gasteiger partial charge in [-0.25, -0.2) is 4.39 Å². The van der Waals surface area contributed by atoms with Crippen LogP contribution in [0.5, 0.6) is 5.75 Å². The minimum Gasteiger partial charge on any atom is -0.491 e. The predicted molar refractivity (Wildman–Crippen MR) is 107 cm³/mol. The standard InChI is InChI=1S/C21H22ClFN2O3/c22-15-3-5-19(17(23)11-15)25-9-7-21(27,8-10-25)13-28-16-4-1-14-2-6-20(26)24-18(14)12-16/h1,3-5,11-12,27H,2,6-10,13H2,(H,24,26). The number of carbonyl (C=O) groups excluding carboxylic acids is 1. The monoisotopic (exact) mass is 404 g/mol. The average molecular weight is 405 g/mol. The number of rotatable bonds is 4. The van der Waals surface area contributed by atoms with Crippen molar-refractivity contribution in [1.82, 2.24) is 0 Å². The van der Waals surface area contributed by atoms with Gasteiger partial charge >= 0.3 is 0 Å². The van der Waals surface area contributed by atoms with E-state index in [9.17, 15) is 14.3 Å². The van der Waals surface area contributed by atoms with Gasteiger partial charge in [-0.1, -0.05) is 17.7 Å². The quantitative estimate of drug-likeness (QED) is 0.814. The van der Waals surface area contributed by atoms with E-state index in [4.69, 9.17) is 16.3 Å². The van der Waals surface area contributed by atoms with Crippen molar-refractivity contribution >= 4 is 28.9 Å². The number of carbonyl (C=O) groups is 1. The van der Waals surface area contributed by atoms with Crippen LogP contribution in [0.2, 0.25) is 5.02 Å². The Morgan fingerprint density at radius 1 is 1.18 bits per heavy atom. The Morgan fingerprint density at radius 3 is 2.71 bits per heavy atom. The Balaban J connectivity index is 1.36. The summed E-state index contributed by atoms with van der Waals surface area (Å²) >= 11 is 5.81. The molecular weight excluding hydrogens is 383 g/mol. The molecule has 148 valence electrons. The molecule has 0 spiro atoms. The summed E-state index contributed by atoms with van der Waals surface area (Å²) < 4.78 is 19.9. The van der Waals surface area contributed by atoms with Crippen LogP contribution in [0, 0.1) is 5.82 Å². The number of amides is 1. The van der Waals surface area contributed by atoms with Crippen LogP contribution in [0.3, 0.4) is 0 Å². The smallest absolute Gasteiger partial charge is 0.224 e. The Morgan fingerprint density at radius 2 is 1.96 bits per heavy atom. The number of nitrogens with one attached hydrogen (secondary N) is 1. The van der Waals surface area contributed by atoms with Crippen LogP contribution in [0.4, 0.5) is 15.8 Å². The fourth-order valence-corrected chi connectivity index (χ4v) is 3.86. The lowest BCUT2D eigenvalue weighted by Gasteiger charge is -2.39. The zero-order valence-corrected chi connectivity index (χ0v) is 16.1. The molecule has 28 heavy (non-hydrogen) atoms. The van der Waals surface area contributed by atoms with Gasteiger partial charge in [0.15, 0.2) is 0 Å². The van der Waals surface area contributed by atoms with Crippen molar-refractivity contribution in [2.75, 3.05) is 29.9 Å². The van der Waals surface area contributed by atoms with Crippen LogP contribution in [-0.4, -0.2) is 36.3 Å². The summed E-state index contributed by atoms with van der Waals surface area (Å²) in [6, 6.07) is 10.2. The number of aliphatic hydroxyl groups is 1. The molecule has 2 aliphatic heterocycles. The summed E-state index contributed by atoms with van der Waals surface area (Å²) in [6.45, 7) is 1.20. The molecule has 2 aliphatic rings. The maximum atomic E-state index is 14.1. The molecule has 0 bridgehead atoms. The van der Waals surface area contributed by atoms with Gasteiger partial charge in [0.25, 0.3) is 0 Å².